The van der Waals surface area contributed by atoms with Crippen LogP contribution in [0.15, 0.2) is 48.8 Å². The number of hydrogen-bond donors (Lipinski definition) is 2. The van der Waals surface area contributed by atoms with Gasteiger partial charge in [-0.05, 0) is 36.7 Å². The van der Waals surface area contributed by atoms with Crippen molar-refractivity contribution in [2.75, 3.05) is 13.6 Å². The third kappa shape index (κ3) is 4.39. The summed E-state index contributed by atoms with van der Waals surface area (Å²) in [6.07, 6.45) is 4.10. The molecule has 1 aromatic heterocycles. The van der Waals surface area contributed by atoms with Crippen LogP contribution in [0.5, 0.6) is 0 Å². The smallest absolute Gasteiger partial charge is 0.221 e. The van der Waals surface area contributed by atoms with Gasteiger partial charge in [0.15, 0.2) is 0 Å². The van der Waals surface area contributed by atoms with Crippen LogP contribution in [0.4, 0.5) is 0 Å². The molecule has 2 rings (SSSR count). The number of carbonyl (C=O) groups is 1. The van der Waals surface area contributed by atoms with Crippen molar-refractivity contribution >= 4 is 5.91 Å². The molecule has 2 N–H and O–H groups in total. The van der Waals surface area contributed by atoms with Crippen molar-refractivity contribution in [3.05, 3.63) is 54.4 Å². The molecule has 21 heavy (non-hydrogen) atoms. The van der Waals surface area contributed by atoms with Crippen molar-refractivity contribution in [1.82, 2.24) is 15.6 Å². The van der Waals surface area contributed by atoms with Gasteiger partial charge in [-0.2, -0.15) is 0 Å². The molecule has 0 bridgehead atoms. The van der Waals surface area contributed by atoms with Gasteiger partial charge in [-0.15, -0.1) is 0 Å². The highest BCUT2D eigenvalue weighted by Gasteiger charge is 2.09. The van der Waals surface area contributed by atoms with E-state index in [0.29, 0.717) is 13.0 Å². The zero-order valence-electron chi connectivity index (χ0n) is 12.5. The third-order valence-corrected chi connectivity index (χ3v) is 3.39. The summed E-state index contributed by atoms with van der Waals surface area (Å²) in [4.78, 5) is 15.8. The van der Waals surface area contributed by atoms with Gasteiger partial charge in [0.2, 0.25) is 5.91 Å². The summed E-state index contributed by atoms with van der Waals surface area (Å²) in [5.74, 6) is 0.0631. The van der Waals surface area contributed by atoms with Crippen LogP contribution in [0.2, 0.25) is 0 Å². The minimum atomic E-state index is 0.0114. The Bertz CT molecular complexity index is 566. The van der Waals surface area contributed by atoms with Crippen LogP contribution in [0.25, 0.3) is 11.1 Å². The van der Waals surface area contributed by atoms with Gasteiger partial charge in [0, 0.05) is 25.4 Å². The summed E-state index contributed by atoms with van der Waals surface area (Å²) < 4.78 is 0. The summed E-state index contributed by atoms with van der Waals surface area (Å²) in [6, 6.07) is 12.2. The highest BCUT2D eigenvalue weighted by molar-refractivity contribution is 5.76. The van der Waals surface area contributed by atoms with Crippen molar-refractivity contribution in [2.45, 2.75) is 19.4 Å². The average molecular weight is 283 g/mol. The van der Waals surface area contributed by atoms with Crippen LogP contribution in [0.3, 0.4) is 0 Å². The molecule has 4 heteroatoms. The lowest BCUT2D eigenvalue weighted by molar-refractivity contribution is -0.121. The second-order valence-corrected chi connectivity index (χ2v) is 5.01. The quantitative estimate of drug-likeness (QED) is 0.856. The maximum Gasteiger partial charge on any atom is 0.221 e. The molecule has 1 unspecified atom stereocenters. The lowest BCUT2D eigenvalue weighted by Gasteiger charge is -2.15. The Morgan fingerprint density at radius 3 is 2.57 bits per heavy atom. The van der Waals surface area contributed by atoms with E-state index in [4.69, 9.17) is 0 Å². The zero-order valence-corrected chi connectivity index (χ0v) is 12.5. The van der Waals surface area contributed by atoms with E-state index < -0.39 is 0 Å². The number of carbonyl (C=O) groups excluding carboxylic acids is 1. The van der Waals surface area contributed by atoms with Gasteiger partial charge < -0.3 is 10.6 Å². The molecule has 2 aromatic rings. The molecule has 1 amide bonds. The second-order valence-electron chi connectivity index (χ2n) is 5.01. The molecule has 0 saturated carbocycles. The molecule has 110 valence electrons. The topological polar surface area (TPSA) is 54.0 Å². The molecular formula is C17H21N3O. The van der Waals surface area contributed by atoms with Crippen molar-refractivity contribution in [1.29, 1.82) is 0 Å². The molecule has 0 spiro atoms. The number of amides is 1. The first-order valence-corrected chi connectivity index (χ1v) is 7.15. The maximum absolute atomic E-state index is 11.7. The molecule has 4 nitrogen and oxygen atoms in total. The van der Waals surface area contributed by atoms with Crippen molar-refractivity contribution in [2.24, 2.45) is 0 Å². The van der Waals surface area contributed by atoms with E-state index in [0.717, 1.165) is 16.7 Å². The van der Waals surface area contributed by atoms with Gasteiger partial charge in [-0.3, -0.25) is 9.78 Å². The highest BCUT2D eigenvalue weighted by Crippen LogP contribution is 2.21. The van der Waals surface area contributed by atoms with Crippen molar-refractivity contribution in [3.8, 4) is 11.1 Å². The van der Waals surface area contributed by atoms with E-state index in [1.54, 1.807) is 6.20 Å². The van der Waals surface area contributed by atoms with Crippen LogP contribution < -0.4 is 10.6 Å². The lowest BCUT2D eigenvalue weighted by Crippen LogP contribution is -2.28. The van der Waals surface area contributed by atoms with Crippen LogP contribution in [-0.4, -0.2) is 24.5 Å². The number of pyridine rings is 1. The monoisotopic (exact) mass is 283 g/mol. The largest absolute Gasteiger partial charge is 0.350 e. The van der Waals surface area contributed by atoms with Gasteiger partial charge >= 0.3 is 0 Å². The number of aromatic nitrogens is 1. The number of nitrogens with one attached hydrogen (secondary N) is 2. The fourth-order valence-electron chi connectivity index (χ4n) is 2.13. The Kier molecular flexibility index (Phi) is 5.46. The number of nitrogens with zero attached hydrogens (tertiary/aromatic N) is 1. The molecule has 0 aliphatic rings. The summed E-state index contributed by atoms with van der Waals surface area (Å²) >= 11 is 0. The summed E-state index contributed by atoms with van der Waals surface area (Å²) in [6.45, 7) is 2.69. The van der Waals surface area contributed by atoms with Crippen LogP contribution in [0.1, 0.15) is 24.9 Å². The van der Waals surface area contributed by atoms with Crippen molar-refractivity contribution < 1.29 is 4.79 Å². The van der Waals surface area contributed by atoms with Crippen LogP contribution in [-0.2, 0) is 4.79 Å². The summed E-state index contributed by atoms with van der Waals surface area (Å²) in [5.41, 5.74) is 3.32. The molecule has 1 aromatic carbocycles. The molecule has 0 fully saturated rings. The predicted molar refractivity (Wildman–Crippen MR) is 84.8 cm³/mol. The predicted octanol–water partition coefficient (Wildman–Crippen LogP) is 2.54. The Balaban J connectivity index is 2.00. The molecule has 0 aliphatic heterocycles. The molecule has 1 heterocycles. The van der Waals surface area contributed by atoms with Gasteiger partial charge in [0.25, 0.3) is 0 Å². The van der Waals surface area contributed by atoms with E-state index in [2.05, 4.69) is 27.8 Å². The number of benzene rings is 1. The SMILES string of the molecule is CNCCC(=O)NC(C)c1ccc(-c2cccnc2)cc1. The highest BCUT2D eigenvalue weighted by atomic mass is 16.1. The lowest BCUT2D eigenvalue weighted by atomic mass is 10.0. The van der Waals surface area contributed by atoms with E-state index in [9.17, 15) is 4.79 Å². The van der Waals surface area contributed by atoms with Gasteiger partial charge in [-0.25, -0.2) is 0 Å². The Morgan fingerprint density at radius 2 is 1.95 bits per heavy atom. The maximum atomic E-state index is 11.7. The third-order valence-electron chi connectivity index (χ3n) is 3.39. The number of hydrogen-bond acceptors (Lipinski definition) is 3. The fraction of sp³-hybridized carbons (Fsp3) is 0.294. The van der Waals surface area contributed by atoms with Gasteiger partial charge in [-0.1, -0.05) is 30.3 Å². The first-order valence-electron chi connectivity index (χ1n) is 7.15. The number of rotatable bonds is 6. The molecular weight excluding hydrogens is 262 g/mol. The van der Waals surface area contributed by atoms with E-state index in [1.165, 1.54) is 0 Å². The summed E-state index contributed by atoms with van der Waals surface area (Å²) in [7, 11) is 1.84. The zero-order chi connectivity index (χ0) is 15.1. The minimum absolute atomic E-state index is 0.0114. The molecule has 1 atom stereocenters. The van der Waals surface area contributed by atoms with Gasteiger partial charge in [0.05, 0.1) is 6.04 Å². The minimum Gasteiger partial charge on any atom is -0.350 e. The standard InChI is InChI=1S/C17H21N3O/c1-13(20-17(21)9-11-18-2)14-5-7-15(8-6-14)16-4-3-10-19-12-16/h3-8,10,12-13,18H,9,11H2,1-2H3,(H,20,21). The van der Waals surface area contributed by atoms with Crippen LogP contribution in [0, 0.1) is 0 Å². The summed E-state index contributed by atoms with van der Waals surface area (Å²) in [5, 5.41) is 5.97. The first kappa shape index (κ1) is 15.2. The molecule has 0 radical (unpaired) electrons. The van der Waals surface area contributed by atoms with E-state index >= 15 is 0 Å². The second kappa shape index (κ2) is 7.55. The Morgan fingerprint density at radius 1 is 1.19 bits per heavy atom. The average Bonchev–Trinajstić information content (AvgIpc) is 2.54. The van der Waals surface area contributed by atoms with Crippen LogP contribution >= 0.6 is 0 Å². The Labute approximate surface area is 125 Å². The van der Waals surface area contributed by atoms with Crippen molar-refractivity contribution in [3.63, 3.8) is 0 Å². The normalized spacial score (nSPS) is 11.9. The fourth-order valence-corrected chi connectivity index (χ4v) is 2.13. The van der Waals surface area contributed by atoms with E-state index in [-0.39, 0.29) is 11.9 Å². The van der Waals surface area contributed by atoms with Gasteiger partial charge in [0.1, 0.15) is 0 Å². The van der Waals surface area contributed by atoms with E-state index in [1.807, 2.05) is 44.4 Å². The Hall–Kier alpha value is -2.20. The molecule has 0 saturated heterocycles. The first-order chi connectivity index (χ1) is 10.2. The molecule has 0 aliphatic carbocycles.